The molecule has 0 unspecified atom stereocenters. The van der Waals surface area contributed by atoms with Crippen LogP contribution in [0.5, 0.6) is 5.75 Å². The highest BCUT2D eigenvalue weighted by Crippen LogP contribution is 2.30. The van der Waals surface area contributed by atoms with Crippen molar-refractivity contribution in [1.82, 2.24) is 9.88 Å². The Kier molecular flexibility index (Phi) is 4.15. The molecule has 0 aliphatic carbocycles. The first-order valence-corrected chi connectivity index (χ1v) is 7.44. The van der Waals surface area contributed by atoms with Crippen LogP contribution in [0.15, 0.2) is 18.2 Å². The normalized spacial score (nSPS) is 20.5. The molecule has 2 aromatic rings. The Morgan fingerprint density at radius 1 is 1.38 bits per heavy atom. The Morgan fingerprint density at radius 2 is 2.12 bits per heavy atom. The lowest BCUT2D eigenvalue weighted by Crippen LogP contribution is -2.43. The van der Waals surface area contributed by atoms with Crippen molar-refractivity contribution in [3.8, 4) is 5.75 Å². The van der Waals surface area contributed by atoms with Crippen molar-refractivity contribution in [2.75, 3.05) is 20.8 Å². The number of hydrogen-bond donors (Lipinski definition) is 2. The lowest BCUT2D eigenvalue weighted by molar-refractivity contribution is -0.121. The number of fused-ring (bicyclic) bond motifs is 1. The fourth-order valence-corrected chi connectivity index (χ4v) is 3.07. The van der Waals surface area contributed by atoms with Gasteiger partial charge in [0, 0.05) is 25.5 Å². The van der Waals surface area contributed by atoms with Gasteiger partial charge in [-0.1, -0.05) is 0 Å². The van der Waals surface area contributed by atoms with Crippen molar-refractivity contribution in [2.24, 2.45) is 5.73 Å². The number of aromatic amines is 1. The number of rotatable bonds is 4. The summed E-state index contributed by atoms with van der Waals surface area (Å²) in [5.74, 6) is -1.07. The van der Waals surface area contributed by atoms with Gasteiger partial charge in [-0.15, -0.1) is 0 Å². The van der Waals surface area contributed by atoms with Crippen LogP contribution in [0.25, 0.3) is 10.9 Å². The molecule has 0 saturated carbocycles. The van der Waals surface area contributed by atoms with Crippen LogP contribution in [0.1, 0.15) is 16.9 Å². The zero-order valence-electron chi connectivity index (χ0n) is 13.3. The zero-order chi connectivity index (χ0) is 17.4. The summed E-state index contributed by atoms with van der Waals surface area (Å²) < 4.78 is 24.4. The molecule has 1 aliphatic rings. The molecule has 2 heterocycles. The number of likely N-dealkylation sites (tertiary alicyclic amines) is 1. The van der Waals surface area contributed by atoms with Crippen LogP contribution < -0.4 is 10.5 Å². The Morgan fingerprint density at radius 3 is 2.75 bits per heavy atom. The van der Waals surface area contributed by atoms with Crippen LogP contribution in [0.2, 0.25) is 0 Å². The summed E-state index contributed by atoms with van der Waals surface area (Å²) >= 11 is 0. The minimum atomic E-state index is -0.749. The average Bonchev–Trinajstić information content (AvgIpc) is 3.19. The second-order valence-corrected chi connectivity index (χ2v) is 5.69. The van der Waals surface area contributed by atoms with E-state index in [2.05, 4.69) is 4.98 Å². The third kappa shape index (κ3) is 2.58. The van der Waals surface area contributed by atoms with Crippen molar-refractivity contribution in [3.05, 3.63) is 29.7 Å². The summed E-state index contributed by atoms with van der Waals surface area (Å²) in [5.41, 5.74) is 5.73. The lowest BCUT2D eigenvalue weighted by Gasteiger charge is -2.21. The molecular weight excluding hydrogens is 317 g/mol. The second kappa shape index (κ2) is 6.12. The van der Waals surface area contributed by atoms with Crippen molar-refractivity contribution in [3.63, 3.8) is 0 Å². The molecule has 7 nitrogen and oxygen atoms in total. The average molecular weight is 335 g/mol. The van der Waals surface area contributed by atoms with Gasteiger partial charge in [-0.05, 0) is 18.2 Å². The van der Waals surface area contributed by atoms with Crippen molar-refractivity contribution >= 4 is 22.7 Å². The van der Waals surface area contributed by atoms with Crippen LogP contribution >= 0.6 is 0 Å². The summed E-state index contributed by atoms with van der Waals surface area (Å²) in [4.78, 5) is 28.5. The Labute approximate surface area is 137 Å². The van der Waals surface area contributed by atoms with Gasteiger partial charge in [-0.3, -0.25) is 9.59 Å². The van der Waals surface area contributed by atoms with Gasteiger partial charge < -0.3 is 25.1 Å². The number of nitrogens with zero attached hydrogens (tertiary/aromatic N) is 1. The van der Waals surface area contributed by atoms with Crippen LogP contribution in [-0.4, -0.2) is 54.6 Å². The Hall–Kier alpha value is -2.61. The number of carbonyl (C=O) groups excluding carboxylic acids is 2. The number of ether oxygens (including phenoxy) is 2. The molecule has 128 valence electrons. The number of benzene rings is 1. The van der Waals surface area contributed by atoms with Crippen molar-refractivity contribution in [1.29, 1.82) is 0 Å². The number of H-pyrrole nitrogens is 1. The standard InChI is InChI=1S/C16H18FN3O4/c1-23-8-5-12(15(18)21)20(7-8)16(22)11-6-9-13(24-2)4-3-10(17)14(9)19-11/h3-4,6,8,12,19H,5,7H2,1-2H3,(H2,18,21)/t8-,12-/m0/s1. The maximum atomic E-state index is 14.0. The second-order valence-electron chi connectivity index (χ2n) is 5.69. The predicted molar refractivity (Wildman–Crippen MR) is 84.2 cm³/mol. The minimum Gasteiger partial charge on any atom is -0.496 e. The summed E-state index contributed by atoms with van der Waals surface area (Å²) in [5, 5.41) is 0.457. The maximum Gasteiger partial charge on any atom is 0.271 e. The number of carbonyl (C=O) groups is 2. The van der Waals surface area contributed by atoms with Gasteiger partial charge in [0.05, 0.1) is 18.7 Å². The van der Waals surface area contributed by atoms with Crippen molar-refractivity contribution < 1.29 is 23.5 Å². The van der Waals surface area contributed by atoms with Gasteiger partial charge in [0.2, 0.25) is 5.91 Å². The number of nitrogens with one attached hydrogen (secondary N) is 1. The molecule has 1 saturated heterocycles. The van der Waals surface area contributed by atoms with E-state index >= 15 is 0 Å². The minimum absolute atomic E-state index is 0.163. The number of amides is 2. The maximum absolute atomic E-state index is 14.0. The molecule has 1 aromatic carbocycles. The largest absolute Gasteiger partial charge is 0.496 e. The number of hydrogen-bond acceptors (Lipinski definition) is 4. The quantitative estimate of drug-likeness (QED) is 0.872. The van der Waals surface area contributed by atoms with E-state index in [1.165, 1.54) is 37.3 Å². The smallest absolute Gasteiger partial charge is 0.271 e. The molecule has 3 rings (SSSR count). The molecule has 2 atom stereocenters. The molecule has 0 spiro atoms. The van der Waals surface area contributed by atoms with Crippen LogP contribution in [0, 0.1) is 5.82 Å². The molecule has 1 aliphatic heterocycles. The molecule has 8 heteroatoms. The van der Waals surface area contributed by atoms with Crippen LogP contribution in [0.4, 0.5) is 4.39 Å². The fraction of sp³-hybridized carbons (Fsp3) is 0.375. The molecule has 0 bridgehead atoms. The van der Waals surface area contributed by atoms with E-state index in [9.17, 15) is 14.0 Å². The van der Waals surface area contributed by atoms with E-state index in [0.29, 0.717) is 17.6 Å². The third-order valence-corrected chi connectivity index (χ3v) is 4.34. The van der Waals surface area contributed by atoms with E-state index < -0.39 is 23.7 Å². The summed E-state index contributed by atoms with van der Waals surface area (Å²) in [6, 6.07) is 3.51. The fourth-order valence-electron chi connectivity index (χ4n) is 3.07. The monoisotopic (exact) mass is 335 g/mol. The number of aromatic nitrogens is 1. The molecule has 0 radical (unpaired) electrons. The topological polar surface area (TPSA) is 97.7 Å². The molecular formula is C16H18FN3O4. The SMILES string of the molecule is COc1ccc(F)c2[nH]c(C(=O)N3C[C@@H](OC)C[C@H]3C(N)=O)cc12. The molecule has 1 aromatic heterocycles. The van der Waals surface area contributed by atoms with E-state index in [4.69, 9.17) is 15.2 Å². The third-order valence-electron chi connectivity index (χ3n) is 4.34. The van der Waals surface area contributed by atoms with Crippen LogP contribution in [-0.2, 0) is 9.53 Å². The van der Waals surface area contributed by atoms with Gasteiger partial charge in [-0.25, -0.2) is 4.39 Å². The number of halogens is 1. The lowest BCUT2D eigenvalue weighted by atomic mass is 10.2. The van der Waals surface area contributed by atoms with Gasteiger partial charge in [0.25, 0.3) is 5.91 Å². The van der Waals surface area contributed by atoms with E-state index in [1.807, 2.05) is 0 Å². The molecule has 24 heavy (non-hydrogen) atoms. The first-order chi connectivity index (χ1) is 11.5. The summed E-state index contributed by atoms with van der Waals surface area (Å²) in [6.07, 6.45) is 0.0808. The first-order valence-electron chi connectivity index (χ1n) is 7.44. The number of nitrogens with two attached hydrogens (primary N) is 1. The van der Waals surface area contributed by atoms with Gasteiger partial charge in [0.15, 0.2) is 0 Å². The van der Waals surface area contributed by atoms with E-state index in [0.717, 1.165) is 0 Å². The molecule has 2 amide bonds. The van der Waals surface area contributed by atoms with Crippen molar-refractivity contribution in [2.45, 2.75) is 18.6 Å². The predicted octanol–water partition coefficient (Wildman–Crippen LogP) is 1.03. The van der Waals surface area contributed by atoms with Gasteiger partial charge >= 0.3 is 0 Å². The van der Waals surface area contributed by atoms with E-state index in [1.54, 1.807) is 0 Å². The highest BCUT2D eigenvalue weighted by molar-refractivity contribution is 6.01. The Balaban J connectivity index is 1.99. The highest BCUT2D eigenvalue weighted by Gasteiger charge is 2.39. The van der Waals surface area contributed by atoms with E-state index in [-0.39, 0.29) is 23.9 Å². The van der Waals surface area contributed by atoms with Crippen LogP contribution in [0.3, 0.4) is 0 Å². The number of primary amides is 1. The summed E-state index contributed by atoms with van der Waals surface area (Å²) in [6.45, 7) is 0.248. The molecule has 1 fully saturated rings. The summed E-state index contributed by atoms with van der Waals surface area (Å²) in [7, 11) is 2.98. The highest BCUT2D eigenvalue weighted by atomic mass is 19.1. The van der Waals surface area contributed by atoms with Gasteiger partial charge in [0.1, 0.15) is 23.3 Å². The number of methoxy groups -OCH3 is 2. The van der Waals surface area contributed by atoms with Gasteiger partial charge in [-0.2, -0.15) is 0 Å². The Bertz CT molecular complexity index is 804. The zero-order valence-corrected chi connectivity index (χ0v) is 13.3. The first kappa shape index (κ1) is 16.3. The molecule has 3 N–H and O–H groups in total.